The molecule has 28 heavy (non-hydrogen) atoms. The Morgan fingerprint density at radius 3 is 2.57 bits per heavy atom. The summed E-state index contributed by atoms with van der Waals surface area (Å²) in [5.74, 6) is -1.37. The van der Waals surface area contributed by atoms with Gasteiger partial charge in [0, 0.05) is 35.6 Å². The number of halogens is 1. The van der Waals surface area contributed by atoms with Crippen molar-refractivity contribution in [3.63, 3.8) is 0 Å². The van der Waals surface area contributed by atoms with E-state index >= 15 is 0 Å². The molecule has 8 heteroatoms. The van der Waals surface area contributed by atoms with Gasteiger partial charge in [0.1, 0.15) is 5.82 Å². The summed E-state index contributed by atoms with van der Waals surface area (Å²) in [5.41, 5.74) is 2.98. The maximum absolute atomic E-state index is 13.1. The zero-order valence-electron chi connectivity index (χ0n) is 14.9. The van der Waals surface area contributed by atoms with Crippen LogP contribution in [0.5, 0.6) is 0 Å². The summed E-state index contributed by atoms with van der Waals surface area (Å²) in [6.07, 6.45) is 0.998. The number of benzene rings is 2. The Morgan fingerprint density at radius 2 is 1.86 bits per heavy atom. The molecule has 2 aromatic carbocycles. The Kier molecular flexibility index (Phi) is 4.68. The van der Waals surface area contributed by atoms with Crippen molar-refractivity contribution >= 4 is 26.9 Å². The number of nitrogens with zero attached hydrogens (tertiary/aromatic N) is 1. The number of carbonyl (C=O) groups is 1. The minimum atomic E-state index is -3.77. The second-order valence-corrected chi connectivity index (χ2v) is 8.63. The fourth-order valence-electron chi connectivity index (χ4n) is 3.89. The summed E-state index contributed by atoms with van der Waals surface area (Å²) in [6.45, 7) is 0.336. The minimum Gasteiger partial charge on any atom is -0.481 e. The topological polar surface area (TPSA) is 88.4 Å². The van der Waals surface area contributed by atoms with Gasteiger partial charge in [0.25, 0.3) is 0 Å². The van der Waals surface area contributed by atoms with Crippen LogP contribution in [-0.2, 0) is 34.2 Å². The van der Waals surface area contributed by atoms with E-state index in [0.29, 0.717) is 19.4 Å². The van der Waals surface area contributed by atoms with Crippen molar-refractivity contribution in [2.75, 3.05) is 0 Å². The van der Waals surface area contributed by atoms with E-state index in [9.17, 15) is 17.6 Å². The summed E-state index contributed by atoms with van der Waals surface area (Å²) in [6, 6.07) is 12.1. The van der Waals surface area contributed by atoms with Crippen LogP contribution in [0.15, 0.2) is 53.4 Å². The van der Waals surface area contributed by atoms with Crippen molar-refractivity contribution in [2.45, 2.75) is 36.7 Å². The number of aryl methyl sites for hydroxylation is 1. The molecule has 0 unspecified atom stereocenters. The SMILES string of the molecule is O=C(O)CCn1c2c(c3ccccc31)C[C@H](NS(=O)(=O)c1ccc(F)cc1)C2. The Labute approximate surface area is 161 Å². The van der Waals surface area contributed by atoms with Crippen LogP contribution in [-0.4, -0.2) is 30.1 Å². The zero-order valence-corrected chi connectivity index (χ0v) is 15.7. The maximum Gasteiger partial charge on any atom is 0.305 e. The molecule has 2 N–H and O–H groups in total. The Balaban J connectivity index is 1.62. The van der Waals surface area contributed by atoms with Crippen LogP contribution in [0, 0.1) is 5.82 Å². The molecule has 0 spiro atoms. The molecule has 0 bridgehead atoms. The number of hydrogen-bond donors (Lipinski definition) is 2. The first-order valence-corrected chi connectivity index (χ1v) is 10.4. The van der Waals surface area contributed by atoms with Gasteiger partial charge in [0.2, 0.25) is 10.0 Å². The molecule has 6 nitrogen and oxygen atoms in total. The molecule has 146 valence electrons. The van der Waals surface area contributed by atoms with Crippen molar-refractivity contribution in [1.82, 2.24) is 9.29 Å². The largest absolute Gasteiger partial charge is 0.481 e. The van der Waals surface area contributed by atoms with Crippen molar-refractivity contribution < 1.29 is 22.7 Å². The first-order valence-electron chi connectivity index (χ1n) is 8.94. The molecule has 1 aromatic heterocycles. The third-order valence-corrected chi connectivity index (χ3v) is 6.62. The molecule has 1 aliphatic rings. The normalized spacial score (nSPS) is 16.4. The fraction of sp³-hybridized carbons (Fsp3) is 0.250. The summed E-state index contributed by atoms with van der Waals surface area (Å²) in [7, 11) is -3.77. The minimum absolute atomic E-state index is 0.00289. The third kappa shape index (κ3) is 3.41. The Hall–Kier alpha value is -2.71. The van der Waals surface area contributed by atoms with Crippen LogP contribution < -0.4 is 4.72 Å². The van der Waals surface area contributed by atoms with Crippen molar-refractivity contribution in [2.24, 2.45) is 0 Å². The summed E-state index contributed by atoms with van der Waals surface area (Å²) < 4.78 is 43.0. The van der Waals surface area contributed by atoms with Gasteiger partial charge < -0.3 is 9.67 Å². The molecular formula is C20H19FN2O4S. The standard InChI is InChI=1S/C20H19FN2O4S/c21-13-5-7-15(8-6-13)28(26,27)22-14-11-17-16-3-1-2-4-18(16)23(19(17)12-14)10-9-20(24)25/h1-8,14,22H,9-12H2,(H,24,25)/t14-/m0/s1. The van der Waals surface area contributed by atoms with E-state index < -0.39 is 21.8 Å². The molecule has 1 aliphatic carbocycles. The van der Waals surface area contributed by atoms with E-state index in [1.807, 2.05) is 28.8 Å². The van der Waals surface area contributed by atoms with Crippen LogP contribution >= 0.6 is 0 Å². The molecule has 0 fully saturated rings. The summed E-state index contributed by atoms with van der Waals surface area (Å²) in [4.78, 5) is 11.0. The van der Waals surface area contributed by atoms with Crippen molar-refractivity contribution in [1.29, 1.82) is 0 Å². The zero-order chi connectivity index (χ0) is 19.9. The van der Waals surface area contributed by atoms with E-state index in [0.717, 1.165) is 34.3 Å². The predicted octanol–water partition coefficient (Wildman–Crippen LogP) is 2.70. The number of hydrogen-bond acceptors (Lipinski definition) is 3. The van der Waals surface area contributed by atoms with Gasteiger partial charge in [-0.2, -0.15) is 0 Å². The maximum atomic E-state index is 13.1. The van der Waals surface area contributed by atoms with Gasteiger partial charge in [-0.1, -0.05) is 18.2 Å². The Bertz CT molecular complexity index is 1150. The predicted molar refractivity (Wildman–Crippen MR) is 102 cm³/mol. The van der Waals surface area contributed by atoms with Gasteiger partial charge in [-0.3, -0.25) is 4.79 Å². The fourth-order valence-corrected chi connectivity index (χ4v) is 5.12. The van der Waals surface area contributed by atoms with Crippen LogP contribution in [0.25, 0.3) is 10.9 Å². The molecule has 1 heterocycles. The molecule has 1 atom stereocenters. The second-order valence-electron chi connectivity index (χ2n) is 6.92. The van der Waals surface area contributed by atoms with Gasteiger partial charge in [-0.05, 0) is 42.3 Å². The number of sulfonamides is 1. The van der Waals surface area contributed by atoms with Gasteiger partial charge in [0.05, 0.1) is 11.3 Å². The van der Waals surface area contributed by atoms with E-state index in [2.05, 4.69) is 4.72 Å². The number of para-hydroxylation sites is 1. The quantitative estimate of drug-likeness (QED) is 0.664. The van der Waals surface area contributed by atoms with E-state index in [1.165, 1.54) is 12.1 Å². The number of rotatable bonds is 6. The third-order valence-electron chi connectivity index (χ3n) is 5.08. The van der Waals surface area contributed by atoms with E-state index in [4.69, 9.17) is 5.11 Å². The number of carboxylic acid groups (broad SMARTS) is 1. The lowest BCUT2D eigenvalue weighted by Gasteiger charge is -2.15. The highest BCUT2D eigenvalue weighted by atomic mass is 32.2. The first-order chi connectivity index (χ1) is 13.3. The molecule has 0 saturated heterocycles. The highest BCUT2D eigenvalue weighted by Gasteiger charge is 2.31. The summed E-state index contributed by atoms with van der Waals surface area (Å²) >= 11 is 0. The van der Waals surface area contributed by atoms with Gasteiger partial charge in [0.15, 0.2) is 0 Å². The number of aliphatic carboxylic acids is 1. The second kappa shape index (κ2) is 7.03. The van der Waals surface area contributed by atoms with Crippen LogP contribution in [0.2, 0.25) is 0 Å². The van der Waals surface area contributed by atoms with Crippen molar-refractivity contribution in [3.8, 4) is 0 Å². The van der Waals surface area contributed by atoms with E-state index in [-0.39, 0.29) is 17.4 Å². The Morgan fingerprint density at radius 1 is 1.14 bits per heavy atom. The molecular weight excluding hydrogens is 383 g/mol. The van der Waals surface area contributed by atoms with Gasteiger partial charge in [-0.25, -0.2) is 17.5 Å². The van der Waals surface area contributed by atoms with Crippen molar-refractivity contribution in [3.05, 3.63) is 65.6 Å². The highest BCUT2D eigenvalue weighted by molar-refractivity contribution is 7.89. The average Bonchev–Trinajstić information content (AvgIpc) is 3.16. The summed E-state index contributed by atoms with van der Waals surface area (Å²) in [5, 5.41) is 10.1. The number of nitrogens with one attached hydrogen (secondary N) is 1. The molecule has 0 aliphatic heterocycles. The smallest absolute Gasteiger partial charge is 0.305 e. The average molecular weight is 402 g/mol. The monoisotopic (exact) mass is 402 g/mol. The molecule has 0 amide bonds. The van der Waals surface area contributed by atoms with Crippen LogP contribution in [0.4, 0.5) is 4.39 Å². The molecule has 0 radical (unpaired) electrons. The number of aromatic nitrogens is 1. The molecule has 4 rings (SSSR count). The van der Waals surface area contributed by atoms with Gasteiger partial charge >= 0.3 is 5.97 Å². The van der Waals surface area contributed by atoms with Gasteiger partial charge in [-0.15, -0.1) is 0 Å². The van der Waals surface area contributed by atoms with Crippen LogP contribution in [0.1, 0.15) is 17.7 Å². The molecule has 0 saturated carbocycles. The lowest BCUT2D eigenvalue weighted by atomic mass is 10.1. The van der Waals surface area contributed by atoms with E-state index in [1.54, 1.807) is 0 Å². The highest BCUT2D eigenvalue weighted by Crippen LogP contribution is 2.34. The van der Waals surface area contributed by atoms with Crippen LogP contribution in [0.3, 0.4) is 0 Å². The lowest BCUT2D eigenvalue weighted by Crippen LogP contribution is -2.35. The molecule has 3 aromatic rings. The first kappa shape index (κ1) is 18.6. The lowest BCUT2D eigenvalue weighted by molar-refractivity contribution is -0.137. The number of fused-ring (bicyclic) bond motifs is 3. The number of carboxylic acids is 1.